The molecule has 0 fully saturated rings. The van der Waals surface area contributed by atoms with Crippen LogP contribution in [-0.2, 0) is 9.59 Å². The van der Waals surface area contributed by atoms with Gasteiger partial charge in [-0.2, -0.15) is 5.10 Å². The number of rotatable bonds is 8. The van der Waals surface area contributed by atoms with Crippen molar-refractivity contribution in [2.45, 2.75) is 31.7 Å². The van der Waals surface area contributed by atoms with Crippen molar-refractivity contribution in [1.82, 2.24) is 9.99 Å². The van der Waals surface area contributed by atoms with Crippen molar-refractivity contribution in [3.8, 4) is 16.9 Å². The number of ether oxygens (including phenoxy) is 1. The lowest BCUT2D eigenvalue weighted by Gasteiger charge is -2.23. The summed E-state index contributed by atoms with van der Waals surface area (Å²) in [6.45, 7) is 0. The number of H-pyrrole nitrogens is 1. The van der Waals surface area contributed by atoms with Crippen LogP contribution in [0.1, 0.15) is 42.9 Å². The number of benzene rings is 3. The Morgan fingerprint density at radius 2 is 1.79 bits per heavy atom. The molecule has 0 saturated carbocycles. The molecule has 8 nitrogen and oxygen atoms in total. The molecular weight excluding hydrogens is 562 g/mol. The normalized spacial score (nSPS) is 14.9. The number of pyridine rings is 1. The quantitative estimate of drug-likeness (QED) is 0.266. The molecule has 0 radical (unpaired) electrons. The second-order valence-corrected chi connectivity index (χ2v) is 10.2. The Bertz CT molecular complexity index is 1650. The van der Waals surface area contributed by atoms with Gasteiger partial charge in [-0.15, -0.1) is 0 Å². The van der Waals surface area contributed by atoms with Gasteiger partial charge in [0.2, 0.25) is 5.91 Å². The lowest BCUT2D eigenvalue weighted by atomic mass is 9.91. The maximum Gasteiger partial charge on any atom is 0.303 e. The van der Waals surface area contributed by atoms with Crippen molar-refractivity contribution in [3.05, 3.63) is 98.7 Å². The van der Waals surface area contributed by atoms with Gasteiger partial charge >= 0.3 is 5.97 Å². The first-order valence-electron chi connectivity index (χ1n) is 12.5. The third-order valence-electron chi connectivity index (χ3n) is 6.77. The van der Waals surface area contributed by atoms with E-state index in [-0.39, 0.29) is 37.1 Å². The Balaban J connectivity index is 1.68. The number of aromatic amines is 1. The van der Waals surface area contributed by atoms with Gasteiger partial charge in [-0.1, -0.05) is 64.5 Å². The predicted octanol–water partition coefficient (Wildman–Crippen LogP) is 5.90. The fourth-order valence-corrected chi connectivity index (χ4v) is 5.39. The number of halogens is 1. The number of hydrogen-bond acceptors (Lipinski definition) is 5. The zero-order valence-corrected chi connectivity index (χ0v) is 22.8. The van der Waals surface area contributed by atoms with Gasteiger partial charge in [-0.3, -0.25) is 14.4 Å². The van der Waals surface area contributed by atoms with Crippen molar-refractivity contribution in [3.63, 3.8) is 0 Å². The molecule has 9 heteroatoms. The van der Waals surface area contributed by atoms with Crippen LogP contribution in [0.5, 0.6) is 5.75 Å². The number of hydrazone groups is 1. The van der Waals surface area contributed by atoms with E-state index >= 15 is 0 Å². The molecule has 0 saturated heterocycles. The van der Waals surface area contributed by atoms with Gasteiger partial charge in [0.15, 0.2) is 0 Å². The summed E-state index contributed by atoms with van der Waals surface area (Å²) >= 11 is 3.55. The Morgan fingerprint density at radius 1 is 1.05 bits per heavy atom. The highest BCUT2D eigenvalue weighted by Gasteiger charge is 2.36. The van der Waals surface area contributed by atoms with Gasteiger partial charge < -0.3 is 14.8 Å². The van der Waals surface area contributed by atoms with E-state index in [1.165, 1.54) is 5.01 Å². The van der Waals surface area contributed by atoms with E-state index in [9.17, 15) is 14.4 Å². The van der Waals surface area contributed by atoms with E-state index in [0.29, 0.717) is 22.5 Å². The van der Waals surface area contributed by atoms with E-state index in [4.69, 9.17) is 14.9 Å². The van der Waals surface area contributed by atoms with E-state index in [1.807, 2.05) is 72.8 Å². The van der Waals surface area contributed by atoms with E-state index in [1.54, 1.807) is 7.11 Å². The molecule has 1 aliphatic rings. The van der Waals surface area contributed by atoms with Crippen LogP contribution in [0.25, 0.3) is 22.0 Å². The number of nitrogens with zero attached hydrogens (tertiary/aromatic N) is 2. The fourth-order valence-electron chi connectivity index (χ4n) is 5.03. The zero-order chi connectivity index (χ0) is 27.5. The number of aromatic nitrogens is 1. The SMILES string of the molecule is COc1ccccc1C1CC(c2c(-c3ccccc3)c3cc(Br)ccc3[nH]c2=O)=NN1C(=O)CCCC(=O)O. The van der Waals surface area contributed by atoms with Crippen LogP contribution >= 0.6 is 15.9 Å². The third kappa shape index (κ3) is 5.35. The third-order valence-corrected chi connectivity index (χ3v) is 7.27. The van der Waals surface area contributed by atoms with E-state index in [0.717, 1.165) is 26.5 Å². The molecule has 39 heavy (non-hydrogen) atoms. The molecule has 198 valence electrons. The molecule has 1 aliphatic heterocycles. The summed E-state index contributed by atoms with van der Waals surface area (Å²) in [5, 5.41) is 16.0. The summed E-state index contributed by atoms with van der Waals surface area (Å²) in [7, 11) is 1.56. The van der Waals surface area contributed by atoms with Crippen LogP contribution in [0.4, 0.5) is 0 Å². The van der Waals surface area contributed by atoms with Crippen LogP contribution < -0.4 is 10.3 Å². The number of amides is 1. The molecule has 5 rings (SSSR count). The molecule has 0 aliphatic carbocycles. The Morgan fingerprint density at radius 3 is 2.54 bits per heavy atom. The Kier molecular flexibility index (Phi) is 7.60. The van der Waals surface area contributed by atoms with E-state index in [2.05, 4.69) is 20.9 Å². The lowest BCUT2D eigenvalue weighted by molar-refractivity contribution is -0.137. The van der Waals surface area contributed by atoms with Gasteiger partial charge in [0.25, 0.3) is 5.56 Å². The highest BCUT2D eigenvalue weighted by Crippen LogP contribution is 2.40. The number of para-hydroxylation sites is 1. The van der Waals surface area contributed by atoms with Gasteiger partial charge in [0, 0.05) is 45.8 Å². The monoisotopic (exact) mass is 587 g/mol. The molecule has 2 N–H and O–H groups in total. The van der Waals surface area contributed by atoms with Crippen molar-refractivity contribution >= 4 is 44.4 Å². The minimum atomic E-state index is -0.962. The van der Waals surface area contributed by atoms with Gasteiger partial charge in [-0.05, 0) is 36.2 Å². The van der Waals surface area contributed by atoms with Crippen molar-refractivity contribution in [2.75, 3.05) is 7.11 Å². The minimum absolute atomic E-state index is 0.0152. The van der Waals surface area contributed by atoms with Crippen LogP contribution in [0.15, 0.2) is 87.2 Å². The van der Waals surface area contributed by atoms with E-state index < -0.39 is 12.0 Å². The van der Waals surface area contributed by atoms with Gasteiger partial charge in [-0.25, -0.2) is 5.01 Å². The Labute approximate surface area is 233 Å². The number of carboxylic acid groups (broad SMARTS) is 1. The van der Waals surface area contributed by atoms with Crippen LogP contribution in [0.3, 0.4) is 0 Å². The largest absolute Gasteiger partial charge is 0.496 e. The summed E-state index contributed by atoms with van der Waals surface area (Å²) in [4.78, 5) is 41.1. The second kappa shape index (κ2) is 11.2. The average molecular weight is 588 g/mol. The van der Waals surface area contributed by atoms with Crippen molar-refractivity contribution in [2.24, 2.45) is 5.10 Å². The van der Waals surface area contributed by atoms with Gasteiger partial charge in [0.05, 0.1) is 24.4 Å². The first kappa shape index (κ1) is 26.4. The van der Waals surface area contributed by atoms with Crippen LogP contribution in [-0.4, -0.2) is 39.8 Å². The maximum atomic E-state index is 13.6. The first-order valence-corrected chi connectivity index (χ1v) is 13.3. The molecule has 3 aromatic carbocycles. The van der Waals surface area contributed by atoms with Crippen LogP contribution in [0, 0.1) is 0 Å². The number of methoxy groups -OCH3 is 1. The zero-order valence-electron chi connectivity index (χ0n) is 21.2. The molecular formula is C30H26BrN3O5. The molecule has 1 amide bonds. The molecule has 1 aromatic heterocycles. The maximum absolute atomic E-state index is 13.6. The topological polar surface area (TPSA) is 112 Å². The standard InChI is InChI=1S/C30H26BrN3O5/c1-39-25-11-6-5-10-20(25)24-17-23(33-34(24)26(35)12-7-13-27(36)37)29-28(18-8-3-2-4-9-18)21-16-19(31)14-15-22(21)32-30(29)38/h2-6,8-11,14-16,24H,7,12-13,17H2,1H3,(H,32,38)(H,36,37). The molecule has 4 aromatic rings. The summed E-state index contributed by atoms with van der Waals surface area (Å²) in [5.74, 6) is -0.679. The highest BCUT2D eigenvalue weighted by atomic mass is 79.9. The number of carbonyl (C=O) groups excluding carboxylic acids is 1. The van der Waals surface area contributed by atoms with Gasteiger partial charge in [0.1, 0.15) is 5.75 Å². The van der Waals surface area contributed by atoms with Crippen molar-refractivity contribution in [1.29, 1.82) is 0 Å². The summed E-state index contributed by atoms with van der Waals surface area (Å²) < 4.78 is 6.45. The first-order chi connectivity index (χ1) is 18.9. The second-order valence-electron chi connectivity index (χ2n) is 9.25. The van der Waals surface area contributed by atoms with Crippen molar-refractivity contribution < 1.29 is 19.4 Å². The molecule has 0 spiro atoms. The smallest absolute Gasteiger partial charge is 0.303 e. The molecule has 1 unspecified atom stereocenters. The molecule has 1 atom stereocenters. The number of nitrogens with one attached hydrogen (secondary N) is 1. The van der Waals surface area contributed by atoms with Crippen LogP contribution in [0.2, 0.25) is 0 Å². The number of hydrogen-bond donors (Lipinski definition) is 2. The minimum Gasteiger partial charge on any atom is -0.496 e. The number of fused-ring (bicyclic) bond motifs is 1. The molecule has 0 bridgehead atoms. The summed E-state index contributed by atoms with van der Waals surface area (Å²) in [6.07, 6.45) is 0.371. The summed E-state index contributed by atoms with van der Waals surface area (Å²) in [6, 6.07) is 22.2. The lowest BCUT2D eigenvalue weighted by Crippen LogP contribution is -2.27. The Hall–Kier alpha value is -4.24. The predicted molar refractivity (Wildman–Crippen MR) is 153 cm³/mol. The highest BCUT2D eigenvalue weighted by molar-refractivity contribution is 9.10. The summed E-state index contributed by atoms with van der Waals surface area (Å²) in [5.41, 5.74) is 3.59. The molecule has 2 heterocycles. The fraction of sp³-hybridized carbons (Fsp3) is 0.200. The number of carboxylic acids is 1. The number of aliphatic carboxylic acids is 1. The number of carbonyl (C=O) groups is 2. The average Bonchev–Trinajstić information content (AvgIpc) is 3.37.